The minimum Gasteiger partial charge on any atom is -0.489 e. The van der Waals surface area contributed by atoms with E-state index in [0.29, 0.717) is 12.2 Å². The van der Waals surface area contributed by atoms with Gasteiger partial charge in [0.2, 0.25) is 0 Å². The molecule has 0 spiro atoms. The Morgan fingerprint density at radius 1 is 1.22 bits per heavy atom. The number of anilines is 1. The number of ether oxygens (including phenoxy) is 1. The summed E-state index contributed by atoms with van der Waals surface area (Å²) < 4.78 is 7.99. The number of hydrogen-bond donors (Lipinski definition) is 2. The van der Waals surface area contributed by atoms with Gasteiger partial charge in [-0.1, -0.05) is 34.1 Å². The van der Waals surface area contributed by atoms with Gasteiger partial charge in [0.25, 0.3) is 11.8 Å². The van der Waals surface area contributed by atoms with E-state index in [1.165, 1.54) is 10.9 Å². The van der Waals surface area contributed by atoms with E-state index in [2.05, 4.69) is 26.3 Å². The molecule has 0 saturated heterocycles. The fourth-order valence-electron chi connectivity index (χ4n) is 2.54. The lowest BCUT2D eigenvalue weighted by atomic mass is 10.1. The Morgan fingerprint density at radius 3 is 2.74 bits per heavy atom. The number of carbonyl (C=O) groups excluding carboxylic acids is 2. The van der Waals surface area contributed by atoms with Crippen LogP contribution in [0.3, 0.4) is 0 Å². The van der Waals surface area contributed by atoms with Crippen LogP contribution in [0.25, 0.3) is 0 Å². The van der Waals surface area contributed by atoms with Crippen LogP contribution in [0.4, 0.5) is 5.69 Å². The molecule has 0 radical (unpaired) electrons. The molecule has 0 atom stereocenters. The number of carbonyl (C=O) groups is 2. The monoisotopic (exact) mass is 428 g/mol. The summed E-state index contributed by atoms with van der Waals surface area (Å²) in [6, 6.07) is 14.6. The maximum absolute atomic E-state index is 12.5. The lowest BCUT2D eigenvalue weighted by molar-refractivity contribution is 0.0992. The third-order valence-corrected chi connectivity index (χ3v) is 4.30. The molecular formula is C19H17BrN4O3. The molecule has 27 heavy (non-hydrogen) atoms. The number of halogens is 1. The maximum atomic E-state index is 12.5. The standard InChI is InChI=1S/C19H17BrN4O3/c1-24-17(18(21)25)16(10-22-24)23-19(26)13-5-2-4-12(8-13)11-27-15-7-3-6-14(20)9-15/h2-10H,11H2,1H3,(H2,21,25)(H,23,26). The highest BCUT2D eigenvalue weighted by molar-refractivity contribution is 9.10. The molecule has 2 amide bonds. The number of rotatable bonds is 6. The van der Waals surface area contributed by atoms with E-state index in [-0.39, 0.29) is 17.3 Å². The van der Waals surface area contributed by atoms with Crippen molar-refractivity contribution in [2.45, 2.75) is 6.61 Å². The fourth-order valence-corrected chi connectivity index (χ4v) is 2.92. The van der Waals surface area contributed by atoms with Gasteiger partial charge in [0.15, 0.2) is 0 Å². The lowest BCUT2D eigenvalue weighted by Crippen LogP contribution is -2.20. The molecule has 138 valence electrons. The number of nitrogens with zero attached hydrogens (tertiary/aromatic N) is 2. The van der Waals surface area contributed by atoms with Crippen molar-refractivity contribution in [2.75, 3.05) is 5.32 Å². The summed E-state index contributed by atoms with van der Waals surface area (Å²) in [5, 5.41) is 6.62. The van der Waals surface area contributed by atoms with Gasteiger partial charge < -0.3 is 15.8 Å². The largest absolute Gasteiger partial charge is 0.489 e. The van der Waals surface area contributed by atoms with Gasteiger partial charge >= 0.3 is 0 Å². The number of hydrogen-bond acceptors (Lipinski definition) is 4. The molecule has 0 aliphatic heterocycles. The van der Waals surface area contributed by atoms with E-state index in [1.54, 1.807) is 25.2 Å². The molecule has 7 nitrogen and oxygen atoms in total. The molecule has 2 aromatic carbocycles. The van der Waals surface area contributed by atoms with E-state index >= 15 is 0 Å². The van der Waals surface area contributed by atoms with Gasteiger partial charge in [0.05, 0.1) is 11.9 Å². The minimum atomic E-state index is -0.665. The van der Waals surface area contributed by atoms with Gasteiger partial charge in [0, 0.05) is 17.1 Å². The number of primary amides is 1. The van der Waals surface area contributed by atoms with Crippen molar-refractivity contribution in [2.24, 2.45) is 12.8 Å². The van der Waals surface area contributed by atoms with Crippen molar-refractivity contribution in [1.82, 2.24) is 9.78 Å². The van der Waals surface area contributed by atoms with Gasteiger partial charge in [-0.05, 0) is 35.9 Å². The fraction of sp³-hybridized carbons (Fsp3) is 0.105. The molecule has 0 aliphatic rings. The first-order valence-corrected chi connectivity index (χ1v) is 8.84. The number of aromatic nitrogens is 2. The van der Waals surface area contributed by atoms with Crippen molar-refractivity contribution >= 4 is 33.4 Å². The van der Waals surface area contributed by atoms with Gasteiger partial charge in [-0.25, -0.2) is 0 Å². The Morgan fingerprint density at radius 2 is 2.00 bits per heavy atom. The van der Waals surface area contributed by atoms with Crippen LogP contribution in [0, 0.1) is 0 Å². The molecule has 8 heteroatoms. The van der Waals surface area contributed by atoms with Crippen LogP contribution in [-0.2, 0) is 13.7 Å². The predicted molar refractivity (Wildman–Crippen MR) is 105 cm³/mol. The van der Waals surface area contributed by atoms with Crippen LogP contribution >= 0.6 is 15.9 Å². The second kappa shape index (κ2) is 8.05. The summed E-state index contributed by atoms with van der Waals surface area (Å²) in [5.74, 6) is -0.308. The van der Waals surface area contributed by atoms with Gasteiger partial charge in [-0.2, -0.15) is 5.10 Å². The zero-order valence-electron chi connectivity index (χ0n) is 14.5. The molecule has 1 aromatic heterocycles. The van der Waals surface area contributed by atoms with Crippen molar-refractivity contribution in [3.8, 4) is 5.75 Å². The summed E-state index contributed by atoms with van der Waals surface area (Å²) in [6.07, 6.45) is 1.39. The Hall–Kier alpha value is -3.13. The Kier molecular flexibility index (Phi) is 5.56. The SMILES string of the molecule is Cn1ncc(NC(=O)c2cccc(COc3cccc(Br)c3)c2)c1C(N)=O. The number of aryl methyl sites for hydroxylation is 1. The molecule has 0 unspecified atom stereocenters. The van der Waals surface area contributed by atoms with Crippen molar-refractivity contribution in [1.29, 1.82) is 0 Å². The van der Waals surface area contributed by atoms with Gasteiger partial charge in [-0.3, -0.25) is 14.3 Å². The third kappa shape index (κ3) is 4.53. The topological polar surface area (TPSA) is 99.2 Å². The summed E-state index contributed by atoms with van der Waals surface area (Å²) in [6.45, 7) is 0.316. The van der Waals surface area contributed by atoms with Crippen molar-refractivity contribution < 1.29 is 14.3 Å². The first-order chi connectivity index (χ1) is 12.9. The first kappa shape index (κ1) is 18.7. The molecule has 3 rings (SSSR count). The first-order valence-electron chi connectivity index (χ1n) is 8.04. The van der Waals surface area contributed by atoms with Crippen molar-refractivity contribution in [3.05, 3.63) is 76.0 Å². The molecule has 0 saturated carbocycles. The minimum absolute atomic E-state index is 0.137. The highest BCUT2D eigenvalue weighted by Gasteiger charge is 2.17. The number of benzene rings is 2. The predicted octanol–water partition coefficient (Wildman–Crippen LogP) is 3.11. The van der Waals surface area contributed by atoms with Gasteiger partial charge in [0.1, 0.15) is 18.1 Å². The zero-order chi connectivity index (χ0) is 19.4. The van der Waals surface area contributed by atoms with E-state index in [0.717, 1.165) is 15.8 Å². The molecule has 0 bridgehead atoms. The molecule has 3 aromatic rings. The lowest BCUT2D eigenvalue weighted by Gasteiger charge is -2.09. The highest BCUT2D eigenvalue weighted by atomic mass is 79.9. The van der Waals surface area contributed by atoms with Crippen LogP contribution < -0.4 is 15.8 Å². The van der Waals surface area contributed by atoms with E-state index in [1.807, 2.05) is 30.3 Å². The van der Waals surface area contributed by atoms with E-state index in [9.17, 15) is 9.59 Å². The van der Waals surface area contributed by atoms with E-state index < -0.39 is 5.91 Å². The maximum Gasteiger partial charge on any atom is 0.269 e. The van der Waals surface area contributed by atoms with Gasteiger partial charge in [-0.15, -0.1) is 0 Å². The molecule has 0 fully saturated rings. The quantitative estimate of drug-likeness (QED) is 0.629. The van der Waals surface area contributed by atoms with Crippen LogP contribution in [0.2, 0.25) is 0 Å². The highest BCUT2D eigenvalue weighted by Crippen LogP contribution is 2.20. The number of nitrogens with one attached hydrogen (secondary N) is 1. The Labute approximate surface area is 164 Å². The summed E-state index contributed by atoms with van der Waals surface area (Å²) in [7, 11) is 1.58. The zero-order valence-corrected chi connectivity index (χ0v) is 16.1. The second-order valence-electron chi connectivity index (χ2n) is 5.80. The number of nitrogens with two attached hydrogens (primary N) is 1. The van der Waals surface area contributed by atoms with Crippen LogP contribution in [-0.4, -0.2) is 21.6 Å². The Bertz CT molecular complexity index is 1000. The second-order valence-corrected chi connectivity index (χ2v) is 6.71. The smallest absolute Gasteiger partial charge is 0.269 e. The summed E-state index contributed by atoms with van der Waals surface area (Å²) in [4.78, 5) is 24.0. The van der Waals surface area contributed by atoms with Crippen LogP contribution in [0.1, 0.15) is 26.4 Å². The average molecular weight is 429 g/mol. The summed E-state index contributed by atoms with van der Waals surface area (Å²) in [5.41, 5.74) is 7.01. The van der Waals surface area contributed by atoms with Crippen LogP contribution in [0.15, 0.2) is 59.2 Å². The number of amides is 2. The van der Waals surface area contributed by atoms with E-state index in [4.69, 9.17) is 10.5 Å². The normalized spacial score (nSPS) is 10.4. The molecular weight excluding hydrogens is 412 g/mol. The third-order valence-electron chi connectivity index (χ3n) is 3.81. The molecule has 0 aliphatic carbocycles. The average Bonchev–Trinajstić information content (AvgIpc) is 3.00. The van der Waals surface area contributed by atoms with Crippen LogP contribution in [0.5, 0.6) is 5.75 Å². The molecule has 1 heterocycles. The Balaban J connectivity index is 1.71. The summed E-state index contributed by atoms with van der Waals surface area (Å²) >= 11 is 3.40. The molecule has 3 N–H and O–H groups in total. The van der Waals surface area contributed by atoms with Crippen molar-refractivity contribution in [3.63, 3.8) is 0 Å².